The molecule has 0 bridgehead atoms. The molecule has 0 unspecified atom stereocenters. The predicted octanol–water partition coefficient (Wildman–Crippen LogP) is 2.55. The monoisotopic (exact) mass is 308 g/mol. The predicted molar refractivity (Wildman–Crippen MR) is 87.6 cm³/mol. The molecule has 1 aromatic carbocycles. The number of carbonyl (C=O) groups is 1. The maximum Gasteiger partial charge on any atom is 0.222 e. The third-order valence-corrected chi connectivity index (χ3v) is 5.13. The number of hydrogen-bond donors (Lipinski definition) is 1. The zero-order valence-electron chi connectivity index (χ0n) is 12.6. The highest BCUT2D eigenvalue weighted by Gasteiger charge is 2.31. The van der Waals surface area contributed by atoms with Crippen molar-refractivity contribution < 1.29 is 4.79 Å². The molecule has 4 heteroatoms. The lowest BCUT2D eigenvalue weighted by Crippen LogP contribution is -2.39. The normalized spacial score (nSPS) is 24.5. The number of amides is 1. The van der Waals surface area contributed by atoms with E-state index < -0.39 is 0 Å². The molecule has 1 fully saturated rings. The summed E-state index contributed by atoms with van der Waals surface area (Å²) in [5.41, 5.74) is 8.87. The van der Waals surface area contributed by atoms with Gasteiger partial charge in [0.1, 0.15) is 0 Å². The van der Waals surface area contributed by atoms with E-state index in [1.54, 1.807) is 0 Å². The SMILES string of the molecule is CN(C(=O)C[C@@H]1CCC[C@H]1N)C1Cc2ccccc2C1.Cl. The molecular formula is C17H25ClN2O. The number of likely N-dealkylation sites (N-methyl/N-ethyl adjacent to an activating group) is 1. The highest BCUT2D eigenvalue weighted by atomic mass is 35.5. The Morgan fingerprint density at radius 2 is 1.86 bits per heavy atom. The molecule has 3 rings (SSSR count). The van der Waals surface area contributed by atoms with Crippen molar-refractivity contribution in [1.29, 1.82) is 0 Å². The van der Waals surface area contributed by atoms with Crippen molar-refractivity contribution in [3.63, 3.8) is 0 Å². The fourth-order valence-electron chi connectivity index (χ4n) is 3.70. The van der Waals surface area contributed by atoms with Crippen molar-refractivity contribution in [2.24, 2.45) is 11.7 Å². The summed E-state index contributed by atoms with van der Waals surface area (Å²) in [5.74, 6) is 0.666. The van der Waals surface area contributed by atoms with Crippen LogP contribution in [0.5, 0.6) is 0 Å². The standard InChI is InChI=1S/C17H24N2O.ClH/c1-19(17(20)11-14-7-4-8-16(14)18)15-9-12-5-2-3-6-13(12)10-15;/h2-3,5-6,14-16H,4,7-11,18H2,1H3;1H/t14-,16+;/m0./s1. The molecule has 2 aliphatic rings. The van der Waals surface area contributed by atoms with Crippen LogP contribution in [0.25, 0.3) is 0 Å². The molecule has 0 spiro atoms. The molecule has 2 aliphatic carbocycles. The topological polar surface area (TPSA) is 46.3 Å². The van der Waals surface area contributed by atoms with Gasteiger partial charge in [-0.15, -0.1) is 12.4 Å². The molecule has 3 nitrogen and oxygen atoms in total. The van der Waals surface area contributed by atoms with E-state index in [0.717, 1.165) is 25.7 Å². The Bertz CT molecular complexity index is 480. The van der Waals surface area contributed by atoms with Gasteiger partial charge in [0, 0.05) is 25.6 Å². The van der Waals surface area contributed by atoms with Crippen LogP contribution in [-0.2, 0) is 17.6 Å². The molecule has 1 saturated carbocycles. The molecule has 1 aromatic rings. The van der Waals surface area contributed by atoms with Crippen LogP contribution in [0.15, 0.2) is 24.3 Å². The molecule has 21 heavy (non-hydrogen) atoms. The number of rotatable bonds is 3. The van der Waals surface area contributed by atoms with Crippen LogP contribution >= 0.6 is 12.4 Å². The lowest BCUT2D eigenvalue weighted by molar-refractivity contribution is -0.132. The smallest absolute Gasteiger partial charge is 0.222 e. The molecule has 0 aromatic heterocycles. The van der Waals surface area contributed by atoms with Gasteiger partial charge in [0.2, 0.25) is 5.91 Å². The van der Waals surface area contributed by atoms with Gasteiger partial charge in [0.05, 0.1) is 0 Å². The van der Waals surface area contributed by atoms with E-state index in [0.29, 0.717) is 18.4 Å². The van der Waals surface area contributed by atoms with Gasteiger partial charge in [0.15, 0.2) is 0 Å². The number of carbonyl (C=O) groups excluding carboxylic acids is 1. The van der Waals surface area contributed by atoms with Crippen molar-refractivity contribution in [2.45, 2.75) is 50.6 Å². The van der Waals surface area contributed by atoms with Gasteiger partial charge in [-0.2, -0.15) is 0 Å². The van der Waals surface area contributed by atoms with Gasteiger partial charge in [-0.3, -0.25) is 4.79 Å². The molecule has 0 radical (unpaired) electrons. The second-order valence-electron chi connectivity index (χ2n) is 6.39. The van der Waals surface area contributed by atoms with Crippen LogP contribution in [0, 0.1) is 5.92 Å². The summed E-state index contributed by atoms with van der Waals surface area (Å²) in [4.78, 5) is 14.4. The number of halogens is 1. The molecule has 1 amide bonds. The number of nitrogens with zero attached hydrogens (tertiary/aromatic N) is 1. The van der Waals surface area contributed by atoms with Gasteiger partial charge in [-0.05, 0) is 42.7 Å². The van der Waals surface area contributed by atoms with Crippen molar-refractivity contribution in [3.05, 3.63) is 35.4 Å². The maximum atomic E-state index is 12.5. The summed E-state index contributed by atoms with van der Waals surface area (Å²) >= 11 is 0. The third-order valence-electron chi connectivity index (χ3n) is 5.13. The Hall–Kier alpha value is -1.06. The maximum absolute atomic E-state index is 12.5. The van der Waals surface area contributed by atoms with Crippen molar-refractivity contribution in [1.82, 2.24) is 4.90 Å². The van der Waals surface area contributed by atoms with Crippen molar-refractivity contribution in [2.75, 3.05) is 7.05 Å². The summed E-state index contributed by atoms with van der Waals surface area (Å²) in [5, 5.41) is 0. The third kappa shape index (κ3) is 3.41. The summed E-state index contributed by atoms with van der Waals surface area (Å²) < 4.78 is 0. The molecule has 2 atom stereocenters. The second kappa shape index (κ2) is 6.80. The molecular weight excluding hydrogens is 284 g/mol. The zero-order chi connectivity index (χ0) is 14.1. The van der Waals surface area contributed by atoms with E-state index >= 15 is 0 Å². The van der Waals surface area contributed by atoms with Gasteiger partial charge in [-0.1, -0.05) is 30.7 Å². The van der Waals surface area contributed by atoms with Gasteiger partial charge >= 0.3 is 0 Å². The second-order valence-corrected chi connectivity index (χ2v) is 6.39. The molecule has 0 saturated heterocycles. The number of hydrogen-bond acceptors (Lipinski definition) is 2. The largest absolute Gasteiger partial charge is 0.342 e. The molecule has 0 heterocycles. The lowest BCUT2D eigenvalue weighted by atomic mass is 9.99. The fraction of sp³-hybridized carbons (Fsp3) is 0.588. The minimum absolute atomic E-state index is 0. The van der Waals surface area contributed by atoms with Crippen LogP contribution in [0.3, 0.4) is 0 Å². The van der Waals surface area contributed by atoms with E-state index in [1.165, 1.54) is 17.5 Å². The van der Waals surface area contributed by atoms with Gasteiger partial charge in [-0.25, -0.2) is 0 Å². The number of benzene rings is 1. The van der Waals surface area contributed by atoms with Crippen molar-refractivity contribution in [3.8, 4) is 0 Å². The first-order valence-corrected chi connectivity index (χ1v) is 7.73. The first kappa shape index (κ1) is 16.3. The Labute approximate surface area is 133 Å². The highest BCUT2D eigenvalue weighted by molar-refractivity contribution is 5.85. The van der Waals surface area contributed by atoms with E-state index in [2.05, 4.69) is 24.3 Å². The first-order valence-electron chi connectivity index (χ1n) is 7.73. The average molecular weight is 309 g/mol. The van der Waals surface area contributed by atoms with Crippen molar-refractivity contribution >= 4 is 18.3 Å². The minimum Gasteiger partial charge on any atom is -0.342 e. The molecule has 116 valence electrons. The highest BCUT2D eigenvalue weighted by Crippen LogP contribution is 2.29. The quantitative estimate of drug-likeness (QED) is 0.933. The van der Waals surface area contributed by atoms with E-state index in [4.69, 9.17) is 5.73 Å². The van der Waals surface area contributed by atoms with E-state index in [9.17, 15) is 4.79 Å². The van der Waals surface area contributed by atoms with Crippen LogP contribution in [0.1, 0.15) is 36.8 Å². The summed E-state index contributed by atoms with van der Waals surface area (Å²) in [6.45, 7) is 0. The molecule has 2 N–H and O–H groups in total. The summed E-state index contributed by atoms with van der Waals surface area (Å²) in [6.07, 6.45) is 5.99. The Kier molecular flexibility index (Phi) is 5.28. The summed E-state index contributed by atoms with van der Waals surface area (Å²) in [7, 11) is 1.96. The van der Waals surface area contributed by atoms with Gasteiger partial charge < -0.3 is 10.6 Å². The zero-order valence-corrected chi connectivity index (χ0v) is 13.4. The molecule has 0 aliphatic heterocycles. The first-order chi connectivity index (χ1) is 9.65. The van der Waals surface area contributed by atoms with Crippen LogP contribution in [0.4, 0.5) is 0 Å². The lowest BCUT2D eigenvalue weighted by Gasteiger charge is -2.26. The average Bonchev–Trinajstić information content (AvgIpc) is 3.04. The number of fused-ring (bicyclic) bond motifs is 1. The van der Waals surface area contributed by atoms with Gasteiger partial charge in [0.25, 0.3) is 0 Å². The Balaban J connectivity index is 0.00000161. The van der Waals surface area contributed by atoms with Crippen LogP contribution < -0.4 is 5.73 Å². The van der Waals surface area contributed by atoms with E-state index in [-0.39, 0.29) is 24.4 Å². The number of nitrogens with two attached hydrogens (primary N) is 1. The van der Waals surface area contributed by atoms with E-state index in [1.807, 2.05) is 11.9 Å². The Morgan fingerprint density at radius 1 is 1.24 bits per heavy atom. The fourth-order valence-corrected chi connectivity index (χ4v) is 3.70. The van der Waals surface area contributed by atoms with Crippen LogP contribution in [0.2, 0.25) is 0 Å². The summed E-state index contributed by atoms with van der Waals surface area (Å²) in [6, 6.07) is 9.09. The van der Waals surface area contributed by atoms with Crippen LogP contribution in [-0.4, -0.2) is 29.9 Å². The Morgan fingerprint density at radius 3 is 2.38 bits per heavy atom. The minimum atomic E-state index is 0.